The van der Waals surface area contributed by atoms with Gasteiger partial charge in [-0.05, 0) is 31.5 Å². The van der Waals surface area contributed by atoms with Crippen molar-refractivity contribution >= 4 is 32.7 Å². The molecule has 1 amide bonds. The number of aromatic nitrogens is 1. The number of amides is 1. The van der Waals surface area contributed by atoms with E-state index in [1.54, 1.807) is 6.07 Å². The molecule has 1 heterocycles. The molecule has 0 fully saturated rings. The standard InChI is InChI=1S/C14H14BrFN2O/c1-2-3-4-5-17-14(19)13-8-10-11(16)6-9(15)7-12(10)18-13/h2-3,6-8,18H,4-5H2,1H3,(H,17,19)/b3-2+. The van der Waals surface area contributed by atoms with E-state index in [1.807, 2.05) is 19.1 Å². The molecule has 2 rings (SSSR count). The van der Waals surface area contributed by atoms with Crippen LogP contribution in [0, 0.1) is 5.82 Å². The topological polar surface area (TPSA) is 44.9 Å². The van der Waals surface area contributed by atoms with Crippen molar-refractivity contribution in [2.45, 2.75) is 13.3 Å². The van der Waals surface area contributed by atoms with Crippen molar-refractivity contribution in [2.75, 3.05) is 6.54 Å². The van der Waals surface area contributed by atoms with Crippen LogP contribution in [0.15, 0.2) is 34.8 Å². The van der Waals surface area contributed by atoms with Gasteiger partial charge in [0.05, 0.1) is 5.52 Å². The second-order valence-corrected chi connectivity index (χ2v) is 5.06. The minimum atomic E-state index is -0.353. The van der Waals surface area contributed by atoms with Crippen LogP contribution in [0.1, 0.15) is 23.8 Å². The van der Waals surface area contributed by atoms with Gasteiger partial charge in [0.15, 0.2) is 0 Å². The summed E-state index contributed by atoms with van der Waals surface area (Å²) in [5.74, 6) is -0.579. The van der Waals surface area contributed by atoms with Gasteiger partial charge in [0.2, 0.25) is 0 Å². The summed E-state index contributed by atoms with van der Waals surface area (Å²) in [6.45, 7) is 2.49. The number of aromatic amines is 1. The maximum atomic E-state index is 13.7. The van der Waals surface area contributed by atoms with Gasteiger partial charge in [0.25, 0.3) is 5.91 Å². The van der Waals surface area contributed by atoms with Crippen LogP contribution in [-0.4, -0.2) is 17.4 Å². The lowest BCUT2D eigenvalue weighted by Gasteiger charge is -2.00. The van der Waals surface area contributed by atoms with Crippen molar-refractivity contribution < 1.29 is 9.18 Å². The maximum absolute atomic E-state index is 13.7. The fraction of sp³-hybridized carbons (Fsp3) is 0.214. The van der Waals surface area contributed by atoms with Crippen molar-refractivity contribution in [1.29, 1.82) is 0 Å². The largest absolute Gasteiger partial charge is 0.350 e. The number of carbonyl (C=O) groups is 1. The van der Waals surface area contributed by atoms with Crippen LogP contribution in [0.3, 0.4) is 0 Å². The number of H-pyrrole nitrogens is 1. The number of halogens is 2. The Bertz CT molecular complexity index is 634. The molecule has 2 N–H and O–H groups in total. The Kier molecular flexibility index (Phi) is 4.37. The molecular weight excluding hydrogens is 311 g/mol. The highest BCUT2D eigenvalue weighted by molar-refractivity contribution is 9.10. The first-order valence-electron chi connectivity index (χ1n) is 5.99. The lowest BCUT2D eigenvalue weighted by Crippen LogP contribution is -2.24. The monoisotopic (exact) mass is 324 g/mol. The van der Waals surface area contributed by atoms with Crippen molar-refractivity contribution in [1.82, 2.24) is 10.3 Å². The van der Waals surface area contributed by atoms with Gasteiger partial charge in [0.1, 0.15) is 11.5 Å². The van der Waals surface area contributed by atoms with Crippen LogP contribution in [0.5, 0.6) is 0 Å². The van der Waals surface area contributed by atoms with E-state index in [1.165, 1.54) is 12.1 Å². The van der Waals surface area contributed by atoms with E-state index >= 15 is 0 Å². The number of hydrogen-bond acceptors (Lipinski definition) is 1. The van der Waals surface area contributed by atoms with E-state index in [-0.39, 0.29) is 11.7 Å². The molecule has 0 aliphatic carbocycles. The molecule has 0 bridgehead atoms. The molecule has 0 aliphatic rings. The second kappa shape index (κ2) is 6.02. The minimum absolute atomic E-state index is 0.226. The molecule has 19 heavy (non-hydrogen) atoms. The number of carbonyl (C=O) groups excluding carboxylic acids is 1. The molecule has 0 atom stereocenters. The van der Waals surface area contributed by atoms with Crippen LogP contribution in [0.4, 0.5) is 4.39 Å². The lowest BCUT2D eigenvalue weighted by atomic mass is 10.2. The predicted octanol–water partition coefficient (Wildman–Crippen LogP) is 3.77. The molecule has 0 radical (unpaired) electrons. The molecule has 0 saturated heterocycles. The molecule has 5 heteroatoms. The van der Waals surface area contributed by atoms with E-state index < -0.39 is 0 Å². The summed E-state index contributed by atoms with van der Waals surface area (Å²) in [6, 6.07) is 4.65. The summed E-state index contributed by atoms with van der Waals surface area (Å²) in [5.41, 5.74) is 0.970. The summed E-state index contributed by atoms with van der Waals surface area (Å²) in [5, 5.41) is 3.19. The molecule has 100 valence electrons. The molecule has 2 aromatic rings. The number of benzene rings is 1. The first-order valence-corrected chi connectivity index (χ1v) is 6.78. The Morgan fingerprint density at radius 3 is 3.00 bits per heavy atom. The van der Waals surface area contributed by atoms with Gasteiger partial charge in [-0.25, -0.2) is 4.39 Å². The zero-order valence-corrected chi connectivity index (χ0v) is 12.1. The highest BCUT2D eigenvalue weighted by Crippen LogP contribution is 2.23. The second-order valence-electron chi connectivity index (χ2n) is 4.15. The summed E-state index contributed by atoms with van der Waals surface area (Å²) in [6.07, 6.45) is 4.69. The number of allylic oxidation sites excluding steroid dienone is 1. The third kappa shape index (κ3) is 3.23. The zero-order chi connectivity index (χ0) is 13.8. The highest BCUT2D eigenvalue weighted by Gasteiger charge is 2.11. The molecule has 0 spiro atoms. The van der Waals surface area contributed by atoms with E-state index in [0.717, 1.165) is 6.42 Å². The van der Waals surface area contributed by atoms with E-state index in [4.69, 9.17) is 0 Å². The lowest BCUT2D eigenvalue weighted by molar-refractivity contribution is 0.0950. The van der Waals surface area contributed by atoms with Gasteiger partial charge in [-0.1, -0.05) is 28.1 Å². The van der Waals surface area contributed by atoms with Gasteiger partial charge in [-0.2, -0.15) is 0 Å². The van der Waals surface area contributed by atoms with Crippen LogP contribution in [0.25, 0.3) is 10.9 Å². The first-order chi connectivity index (χ1) is 9.11. The maximum Gasteiger partial charge on any atom is 0.267 e. The molecule has 3 nitrogen and oxygen atoms in total. The molecule has 1 aromatic heterocycles. The highest BCUT2D eigenvalue weighted by atomic mass is 79.9. The first kappa shape index (κ1) is 13.8. The molecular formula is C14H14BrFN2O. The van der Waals surface area contributed by atoms with Crippen molar-refractivity contribution in [3.05, 3.63) is 46.3 Å². The predicted molar refractivity (Wildman–Crippen MR) is 77.7 cm³/mol. The minimum Gasteiger partial charge on any atom is -0.350 e. The Morgan fingerprint density at radius 1 is 1.47 bits per heavy atom. The van der Waals surface area contributed by atoms with Crippen LogP contribution >= 0.6 is 15.9 Å². The average molecular weight is 325 g/mol. The quantitative estimate of drug-likeness (QED) is 0.652. The number of nitrogens with one attached hydrogen (secondary N) is 2. The zero-order valence-electron chi connectivity index (χ0n) is 10.5. The Balaban J connectivity index is 2.17. The number of fused-ring (bicyclic) bond motifs is 1. The third-order valence-electron chi connectivity index (χ3n) is 2.73. The summed E-state index contributed by atoms with van der Waals surface area (Å²) < 4.78 is 14.3. The number of rotatable bonds is 4. The van der Waals surface area contributed by atoms with Gasteiger partial charge in [-0.3, -0.25) is 4.79 Å². The van der Waals surface area contributed by atoms with Crippen molar-refractivity contribution in [3.63, 3.8) is 0 Å². The Labute approximate surface area is 119 Å². The average Bonchev–Trinajstić information content (AvgIpc) is 2.78. The summed E-state index contributed by atoms with van der Waals surface area (Å²) >= 11 is 3.22. The van der Waals surface area contributed by atoms with E-state index in [2.05, 4.69) is 26.2 Å². The Hall–Kier alpha value is -1.62. The molecule has 0 unspecified atom stereocenters. The fourth-order valence-electron chi connectivity index (χ4n) is 1.81. The smallest absolute Gasteiger partial charge is 0.267 e. The van der Waals surface area contributed by atoms with Gasteiger partial charge in [0, 0.05) is 16.4 Å². The van der Waals surface area contributed by atoms with Crippen LogP contribution in [-0.2, 0) is 0 Å². The van der Waals surface area contributed by atoms with Crippen LogP contribution in [0.2, 0.25) is 0 Å². The molecule has 1 aromatic carbocycles. The normalized spacial score (nSPS) is 11.3. The van der Waals surface area contributed by atoms with E-state index in [9.17, 15) is 9.18 Å². The van der Waals surface area contributed by atoms with Crippen molar-refractivity contribution in [3.8, 4) is 0 Å². The third-order valence-corrected chi connectivity index (χ3v) is 3.19. The summed E-state index contributed by atoms with van der Waals surface area (Å²) in [7, 11) is 0. The molecule has 0 aliphatic heterocycles. The number of hydrogen-bond donors (Lipinski definition) is 2. The SMILES string of the molecule is C/C=C/CCNC(=O)c1cc2c(F)cc(Br)cc2[nH]1. The molecule has 0 saturated carbocycles. The van der Waals surface area contributed by atoms with Gasteiger partial charge in [-0.15, -0.1) is 0 Å². The van der Waals surface area contributed by atoms with Gasteiger partial charge < -0.3 is 10.3 Å². The Morgan fingerprint density at radius 2 is 2.26 bits per heavy atom. The van der Waals surface area contributed by atoms with Crippen LogP contribution < -0.4 is 5.32 Å². The van der Waals surface area contributed by atoms with E-state index in [0.29, 0.717) is 27.6 Å². The summed E-state index contributed by atoms with van der Waals surface area (Å²) in [4.78, 5) is 14.8. The van der Waals surface area contributed by atoms with Gasteiger partial charge >= 0.3 is 0 Å². The van der Waals surface area contributed by atoms with Crippen molar-refractivity contribution in [2.24, 2.45) is 0 Å². The fourth-order valence-corrected chi connectivity index (χ4v) is 2.24.